The molecule has 17 heavy (non-hydrogen) atoms. The fraction of sp³-hybridized carbons (Fsp3) is 0.923. The van der Waals surface area contributed by atoms with Crippen molar-refractivity contribution in [1.29, 1.82) is 0 Å². The third-order valence-corrected chi connectivity index (χ3v) is 3.78. The first-order valence-corrected chi connectivity index (χ1v) is 6.81. The van der Waals surface area contributed by atoms with Gasteiger partial charge in [0.15, 0.2) is 0 Å². The molecule has 2 fully saturated rings. The average molecular weight is 240 g/mol. The highest BCUT2D eigenvalue weighted by Gasteiger charge is 2.49. The molecule has 2 rings (SSSR count). The van der Waals surface area contributed by atoms with E-state index in [1.807, 2.05) is 0 Å². The highest BCUT2D eigenvalue weighted by atomic mass is 16.5. The van der Waals surface area contributed by atoms with Crippen molar-refractivity contribution in [2.45, 2.75) is 44.6 Å². The standard InChI is InChI=1S/C13H24N2O2/c1-2-7-15-13(12(14)16,11-5-6-11)9-17-8-10-3-4-10/h10-11,15H,2-9H2,1H3,(H2,14,16). The van der Waals surface area contributed by atoms with Crippen molar-refractivity contribution < 1.29 is 9.53 Å². The molecule has 0 heterocycles. The molecular weight excluding hydrogens is 216 g/mol. The molecule has 2 aliphatic rings. The quantitative estimate of drug-likeness (QED) is 0.633. The Bertz CT molecular complexity index is 275. The second-order valence-electron chi connectivity index (χ2n) is 5.50. The Kier molecular flexibility index (Phi) is 4.05. The summed E-state index contributed by atoms with van der Waals surface area (Å²) in [6, 6.07) is 0. The van der Waals surface area contributed by atoms with E-state index in [-0.39, 0.29) is 5.91 Å². The summed E-state index contributed by atoms with van der Waals surface area (Å²) in [4.78, 5) is 11.8. The number of ether oxygens (including phenoxy) is 1. The lowest BCUT2D eigenvalue weighted by molar-refractivity contribution is -0.128. The molecule has 0 saturated heterocycles. The molecule has 98 valence electrons. The van der Waals surface area contributed by atoms with Gasteiger partial charge in [-0.05, 0) is 50.5 Å². The van der Waals surface area contributed by atoms with Crippen molar-refractivity contribution in [3.05, 3.63) is 0 Å². The molecule has 0 spiro atoms. The molecule has 4 heteroatoms. The van der Waals surface area contributed by atoms with Crippen LogP contribution in [0.2, 0.25) is 0 Å². The zero-order chi connectivity index (χ0) is 12.3. The van der Waals surface area contributed by atoms with Crippen molar-refractivity contribution in [2.75, 3.05) is 19.8 Å². The van der Waals surface area contributed by atoms with Crippen LogP contribution < -0.4 is 11.1 Å². The molecule has 0 aliphatic heterocycles. The third kappa shape index (κ3) is 3.19. The molecule has 2 aliphatic carbocycles. The van der Waals surface area contributed by atoms with Crippen LogP contribution in [0.25, 0.3) is 0 Å². The lowest BCUT2D eigenvalue weighted by atomic mass is 9.93. The van der Waals surface area contributed by atoms with Gasteiger partial charge in [-0.1, -0.05) is 6.92 Å². The van der Waals surface area contributed by atoms with Gasteiger partial charge in [-0.3, -0.25) is 4.79 Å². The monoisotopic (exact) mass is 240 g/mol. The SMILES string of the molecule is CCCNC(COCC1CC1)(C(N)=O)C1CC1. The van der Waals surface area contributed by atoms with Crippen LogP contribution in [0.5, 0.6) is 0 Å². The Morgan fingerprint density at radius 2 is 2.12 bits per heavy atom. The molecule has 0 aromatic heterocycles. The van der Waals surface area contributed by atoms with E-state index in [0.717, 1.165) is 38.3 Å². The molecule has 0 aromatic rings. The smallest absolute Gasteiger partial charge is 0.240 e. The molecule has 1 amide bonds. The van der Waals surface area contributed by atoms with Crippen molar-refractivity contribution in [2.24, 2.45) is 17.6 Å². The van der Waals surface area contributed by atoms with E-state index in [2.05, 4.69) is 12.2 Å². The first-order chi connectivity index (χ1) is 8.19. The summed E-state index contributed by atoms with van der Waals surface area (Å²) in [5.74, 6) is 0.862. The van der Waals surface area contributed by atoms with Gasteiger partial charge in [0, 0.05) is 6.61 Å². The summed E-state index contributed by atoms with van der Waals surface area (Å²) < 4.78 is 5.72. The van der Waals surface area contributed by atoms with Crippen LogP contribution >= 0.6 is 0 Å². The molecular formula is C13H24N2O2. The first kappa shape index (κ1) is 12.8. The summed E-state index contributed by atoms with van der Waals surface area (Å²) >= 11 is 0. The van der Waals surface area contributed by atoms with Gasteiger partial charge in [0.25, 0.3) is 0 Å². The Morgan fingerprint density at radius 3 is 2.59 bits per heavy atom. The summed E-state index contributed by atoms with van der Waals surface area (Å²) in [7, 11) is 0. The predicted molar refractivity (Wildman–Crippen MR) is 66.5 cm³/mol. The van der Waals surface area contributed by atoms with Gasteiger partial charge in [0.05, 0.1) is 6.61 Å². The maximum absolute atomic E-state index is 11.8. The lowest BCUT2D eigenvalue weighted by Crippen LogP contribution is -2.60. The van der Waals surface area contributed by atoms with Gasteiger partial charge < -0.3 is 15.8 Å². The Balaban J connectivity index is 1.89. The minimum atomic E-state index is -0.606. The van der Waals surface area contributed by atoms with Crippen LogP contribution in [0.3, 0.4) is 0 Å². The van der Waals surface area contributed by atoms with Crippen molar-refractivity contribution >= 4 is 5.91 Å². The van der Waals surface area contributed by atoms with E-state index in [4.69, 9.17) is 10.5 Å². The topological polar surface area (TPSA) is 64.3 Å². The van der Waals surface area contributed by atoms with E-state index >= 15 is 0 Å². The fourth-order valence-corrected chi connectivity index (χ4v) is 2.27. The molecule has 2 saturated carbocycles. The van der Waals surface area contributed by atoms with E-state index in [1.165, 1.54) is 12.8 Å². The Morgan fingerprint density at radius 1 is 1.41 bits per heavy atom. The predicted octanol–water partition coefficient (Wildman–Crippen LogP) is 1.05. The van der Waals surface area contributed by atoms with Crippen molar-refractivity contribution in [3.8, 4) is 0 Å². The Hall–Kier alpha value is -0.610. The number of carbonyl (C=O) groups is 1. The summed E-state index contributed by atoms with van der Waals surface area (Å²) in [5, 5.41) is 3.34. The molecule has 1 atom stereocenters. The number of primary amides is 1. The molecule has 0 aromatic carbocycles. The second-order valence-corrected chi connectivity index (χ2v) is 5.50. The first-order valence-electron chi connectivity index (χ1n) is 6.81. The van der Waals surface area contributed by atoms with Crippen molar-refractivity contribution in [3.63, 3.8) is 0 Å². The zero-order valence-electron chi connectivity index (χ0n) is 10.7. The van der Waals surface area contributed by atoms with Crippen LogP contribution in [0.1, 0.15) is 39.0 Å². The number of amides is 1. The minimum Gasteiger partial charge on any atom is -0.379 e. The normalized spacial score (nSPS) is 23.4. The molecule has 3 N–H and O–H groups in total. The maximum Gasteiger partial charge on any atom is 0.240 e. The van der Waals surface area contributed by atoms with Gasteiger partial charge in [0.1, 0.15) is 5.54 Å². The molecule has 0 bridgehead atoms. The van der Waals surface area contributed by atoms with Gasteiger partial charge in [-0.2, -0.15) is 0 Å². The van der Waals surface area contributed by atoms with E-state index in [9.17, 15) is 4.79 Å². The van der Waals surface area contributed by atoms with Crippen LogP contribution in [-0.4, -0.2) is 31.2 Å². The number of nitrogens with one attached hydrogen (secondary N) is 1. The van der Waals surface area contributed by atoms with E-state index in [1.54, 1.807) is 0 Å². The second kappa shape index (κ2) is 5.36. The molecule has 4 nitrogen and oxygen atoms in total. The van der Waals surface area contributed by atoms with Crippen molar-refractivity contribution in [1.82, 2.24) is 5.32 Å². The van der Waals surface area contributed by atoms with Gasteiger partial charge in [-0.25, -0.2) is 0 Å². The third-order valence-electron chi connectivity index (χ3n) is 3.78. The lowest BCUT2D eigenvalue weighted by Gasteiger charge is -2.31. The Labute approximate surface area is 103 Å². The molecule has 1 unspecified atom stereocenters. The highest BCUT2D eigenvalue weighted by molar-refractivity contribution is 5.85. The number of hydrogen-bond acceptors (Lipinski definition) is 3. The minimum absolute atomic E-state index is 0.246. The average Bonchev–Trinajstić information content (AvgIpc) is 3.15. The van der Waals surface area contributed by atoms with Gasteiger partial charge in [0.2, 0.25) is 5.91 Å². The van der Waals surface area contributed by atoms with Crippen LogP contribution in [0, 0.1) is 11.8 Å². The number of rotatable bonds is 9. The summed E-state index contributed by atoms with van der Waals surface area (Å²) in [6.07, 6.45) is 5.73. The van der Waals surface area contributed by atoms with E-state index < -0.39 is 5.54 Å². The van der Waals surface area contributed by atoms with Crippen LogP contribution in [-0.2, 0) is 9.53 Å². The van der Waals surface area contributed by atoms with Crippen LogP contribution in [0.4, 0.5) is 0 Å². The van der Waals surface area contributed by atoms with Gasteiger partial charge >= 0.3 is 0 Å². The highest BCUT2D eigenvalue weighted by Crippen LogP contribution is 2.40. The van der Waals surface area contributed by atoms with E-state index in [0.29, 0.717) is 12.5 Å². The zero-order valence-corrected chi connectivity index (χ0v) is 10.7. The largest absolute Gasteiger partial charge is 0.379 e. The summed E-state index contributed by atoms with van der Waals surface area (Å²) in [5.41, 5.74) is 5.00. The summed E-state index contributed by atoms with van der Waals surface area (Å²) in [6.45, 7) is 4.15. The maximum atomic E-state index is 11.8. The number of nitrogens with two attached hydrogens (primary N) is 1. The number of carbonyl (C=O) groups excluding carboxylic acids is 1. The van der Waals surface area contributed by atoms with Gasteiger partial charge in [-0.15, -0.1) is 0 Å². The molecule has 0 radical (unpaired) electrons. The van der Waals surface area contributed by atoms with Crippen LogP contribution in [0.15, 0.2) is 0 Å². The number of hydrogen-bond donors (Lipinski definition) is 2. The fourth-order valence-electron chi connectivity index (χ4n) is 2.27.